The van der Waals surface area contributed by atoms with E-state index in [2.05, 4.69) is 0 Å². The summed E-state index contributed by atoms with van der Waals surface area (Å²) in [6.07, 6.45) is -0.400. The van der Waals surface area contributed by atoms with E-state index in [1.165, 1.54) is 0 Å². The van der Waals surface area contributed by atoms with Gasteiger partial charge in [-0.3, -0.25) is 4.79 Å². The van der Waals surface area contributed by atoms with Crippen LogP contribution in [0.15, 0.2) is 91.0 Å². The Morgan fingerprint density at radius 1 is 0.688 bits per heavy atom. The molecule has 0 spiro atoms. The number of carbonyl (C=O) groups is 1. The fourth-order valence-corrected chi connectivity index (χ4v) is 2.54. The van der Waals surface area contributed by atoms with Gasteiger partial charge in [0.15, 0.2) is 0 Å². The molecule has 32 heavy (non-hydrogen) atoms. The van der Waals surface area contributed by atoms with E-state index in [9.17, 15) is 4.79 Å². The molecule has 3 rings (SSSR count). The lowest BCUT2D eigenvalue weighted by molar-refractivity contribution is -0.148. The molecule has 0 bridgehead atoms. The number of aliphatic hydroxyl groups excluding tert-OH is 2. The number of ether oxygens (including phenoxy) is 1. The first-order valence-electron chi connectivity index (χ1n) is 10.6. The van der Waals surface area contributed by atoms with Crippen LogP contribution >= 0.6 is 0 Å². The maximum atomic E-state index is 11.0. The molecule has 0 amide bonds. The van der Waals surface area contributed by atoms with Crippen molar-refractivity contribution in [1.29, 1.82) is 0 Å². The van der Waals surface area contributed by atoms with E-state index in [1.807, 2.05) is 97.9 Å². The zero-order chi connectivity index (χ0) is 23.1. The largest absolute Gasteiger partial charge is 0.458 e. The molecule has 3 atom stereocenters. The normalized spacial score (nSPS) is 12.3. The van der Waals surface area contributed by atoms with Crippen LogP contribution in [0.4, 0.5) is 0 Å². The van der Waals surface area contributed by atoms with Gasteiger partial charge in [0.25, 0.3) is 0 Å². The van der Waals surface area contributed by atoms with E-state index < -0.39 is 0 Å². The van der Waals surface area contributed by atoms with E-state index in [1.54, 1.807) is 20.8 Å². The predicted molar refractivity (Wildman–Crippen MR) is 132 cm³/mol. The highest BCUT2D eigenvalue weighted by atomic mass is 16.5. The topological polar surface area (TPSA) is 66.8 Å². The number of esters is 1. The van der Waals surface area contributed by atoms with Crippen LogP contribution in [0, 0.1) is 0 Å². The second kappa shape index (κ2) is 16.7. The second-order valence-corrected chi connectivity index (χ2v) is 7.07. The van der Waals surface area contributed by atoms with Crippen LogP contribution in [0.3, 0.4) is 0 Å². The Labute approximate surface area is 193 Å². The highest BCUT2D eigenvalue weighted by molar-refractivity contribution is 5.69. The average Bonchev–Trinajstić information content (AvgIpc) is 2.81. The van der Waals surface area contributed by atoms with E-state index in [0.29, 0.717) is 6.42 Å². The van der Waals surface area contributed by atoms with Crippen molar-refractivity contribution in [2.45, 2.75) is 59.9 Å². The summed E-state index contributed by atoms with van der Waals surface area (Å²) in [5.41, 5.74) is 2.97. The molecule has 3 aromatic rings. The third kappa shape index (κ3) is 12.0. The molecule has 3 aromatic carbocycles. The Balaban J connectivity index is 0.000000455. The number of benzene rings is 3. The molecule has 4 heteroatoms. The van der Waals surface area contributed by atoms with Crippen LogP contribution in [0.1, 0.15) is 76.5 Å². The van der Waals surface area contributed by atoms with Gasteiger partial charge in [-0.05, 0) is 37.5 Å². The number of carbonyl (C=O) groups excluding carboxylic acids is 1. The fraction of sp³-hybridized carbons (Fsp3) is 0.321. The van der Waals surface area contributed by atoms with Crippen molar-refractivity contribution in [1.82, 2.24) is 0 Å². The molecule has 0 fully saturated rings. The summed E-state index contributed by atoms with van der Waals surface area (Å²) in [6.45, 7) is 7.19. The molecular formula is C28H38O4. The maximum absolute atomic E-state index is 11.0. The van der Waals surface area contributed by atoms with Crippen molar-refractivity contribution >= 4 is 5.97 Å². The molecule has 174 valence electrons. The van der Waals surface area contributed by atoms with Gasteiger partial charge in [-0.15, -0.1) is 0 Å². The van der Waals surface area contributed by atoms with E-state index in [-0.39, 0.29) is 31.7 Å². The van der Waals surface area contributed by atoms with Crippen molar-refractivity contribution in [2.75, 3.05) is 0 Å². The molecule has 0 saturated heterocycles. The van der Waals surface area contributed by atoms with E-state index in [0.717, 1.165) is 16.7 Å². The molecule has 4 nitrogen and oxygen atoms in total. The first-order valence-corrected chi connectivity index (χ1v) is 10.6. The Morgan fingerprint density at radius 3 is 1.25 bits per heavy atom. The molecule has 0 aromatic heterocycles. The smallest absolute Gasteiger partial charge is 0.306 e. The molecule has 0 aliphatic carbocycles. The number of hydrogen-bond acceptors (Lipinski definition) is 4. The number of aliphatic hydroxyl groups is 2. The minimum atomic E-state index is -0.341. The van der Waals surface area contributed by atoms with Crippen LogP contribution in [-0.4, -0.2) is 16.2 Å². The number of hydrogen-bond donors (Lipinski definition) is 2. The Kier molecular flexibility index (Phi) is 15.2. The second-order valence-electron chi connectivity index (χ2n) is 7.07. The third-order valence-electron chi connectivity index (χ3n) is 4.43. The van der Waals surface area contributed by atoms with Gasteiger partial charge in [0.1, 0.15) is 6.10 Å². The third-order valence-corrected chi connectivity index (χ3v) is 4.43. The van der Waals surface area contributed by atoms with Gasteiger partial charge in [0.2, 0.25) is 0 Å². The Hall–Kier alpha value is -2.95. The standard InChI is InChI=1S/C11H14O2.2C8H10O.CH4/c1-3-11(12)13-9(2)10-7-5-4-6-8-10;2*1-7(9)8-5-3-2-4-6-8;/h4-9H,3H2,1-2H3;2*2-7,9H,1H3;1H4/t9-;7-;;/m10../s1. The molecule has 2 N–H and O–H groups in total. The van der Waals surface area contributed by atoms with Gasteiger partial charge in [-0.25, -0.2) is 0 Å². The highest BCUT2D eigenvalue weighted by Gasteiger charge is 2.08. The maximum Gasteiger partial charge on any atom is 0.306 e. The minimum absolute atomic E-state index is 0. The van der Waals surface area contributed by atoms with Crippen LogP contribution < -0.4 is 0 Å². The summed E-state index contributed by atoms with van der Waals surface area (Å²) in [7, 11) is 0. The zero-order valence-electron chi connectivity index (χ0n) is 18.8. The predicted octanol–water partition coefficient (Wildman–Crippen LogP) is 6.82. The van der Waals surface area contributed by atoms with Crippen molar-refractivity contribution < 1.29 is 19.7 Å². The lowest BCUT2D eigenvalue weighted by Crippen LogP contribution is -2.06. The zero-order valence-corrected chi connectivity index (χ0v) is 18.8. The summed E-state index contributed by atoms with van der Waals surface area (Å²) >= 11 is 0. The summed E-state index contributed by atoms with van der Waals surface area (Å²) in [6, 6.07) is 28.9. The van der Waals surface area contributed by atoms with E-state index >= 15 is 0 Å². The van der Waals surface area contributed by atoms with Gasteiger partial charge in [-0.1, -0.05) is 105 Å². The molecule has 0 aliphatic rings. The molecular weight excluding hydrogens is 400 g/mol. The van der Waals surface area contributed by atoms with Gasteiger partial charge < -0.3 is 14.9 Å². The average molecular weight is 439 g/mol. The van der Waals surface area contributed by atoms with Gasteiger partial charge in [0.05, 0.1) is 12.2 Å². The van der Waals surface area contributed by atoms with Gasteiger partial charge in [0, 0.05) is 6.42 Å². The molecule has 0 heterocycles. The quantitative estimate of drug-likeness (QED) is 0.429. The Bertz CT molecular complexity index is 788. The molecule has 0 saturated carbocycles. The van der Waals surface area contributed by atoms with Crippen molar-refractivity contribution in [3.63, 3.8) is 0 Å². The lowest BCUT2D eigenvalue weighted by atomic mass is 10.1. The Morgan fingerprint density at radius 2 is 1.00 bits per heavy atom. The van der Waals surface area contributed by atoms with Crippen molar-refractivity contribution in [2.24, 2.45) is 0 Å². The van der Waals surface area contributed by atoms with Crippen LogP contribution in [0.25, 0.3) is 0 Å². The molecule has 1 unspecified atom stereocenters. The molecule has 0 radical (unpaired) electrons. The van der Waals surface area contributed by atoms with Crippen molar-refractivity contribution in [3.8, 4) is 0 Å². The van der Waals surface area contributed by atoms with Crippen LogP contribution in [-0.2, 0) is 9.53 Å². The van der Waals surface area contributed by atoms with E-state index in [4.69, 9.17) is 14.9 Å². The summed E-state index contributed by atoms with van der Waals surface area (Å²) in [5, 5.41) is 18.0. The fourth-order valence-electron chi connectivity index (χ4n) is 2.54. The SMILES string of the molecule is C.CC(O)c1ccccc1.CCC(=O)O[C@H](C)c1ccccc1.C[C@H](O)c1ccccc1. The van der Waals surface area contributed by atoms with Gasteiger partial charge in [-0.2, -0.15) is 0 Å². The van der Waals surface area contributed by atoms with Crippen molar-refractivity contribution in [3.05, 3.63) is 108 Å². The molecule has 0 aliphatic heterocycles. The summed E-state index contributed by atoms with van der Waals surface area (Å²) < 4.78 is 5.15. The minimum Gasteiger partial charge on any atom is -0.458 e. The van der Waals surface area contributed by atoms with Crippen LogP contribution in [0.5, 0.6) is 0 Å². The highest BCUT2D eigenvalue weighted by Crippen LogP contribution is 2.16. The van der Waals surface area contributed by atoms with Crippen LogP contribution in [0.2, 0.25) is 0 Å². The number of rotatable bonds is 5. The monoisotopic (exact) mass is 438 g/mol. The summed E-state index contributed by atoms with van der Waals surface area (Å²) in [4.78, 5) is 11.0. The summed E-state index contributed by atoms with van der Waals surface area (Å²) in [5.74, 6) is -0.156. The first-order chi connectivity index (χ1) is 14.8. The first kappa shape index (κ1) is 29.1. The van der Waals surface area contributed by atoms with Gasteiger partial charge >= 0.3 is 5.97 Å². The lowest BCUT2D eigenvalue weighted by Gasteiger charge is -2.12.